The topological polar surface area (TPSA) is 49.9 Å². The van der Waals surface area contributed by atoms with E-state index in [-0.39, 0.29) is 0 Å². The molecule has 3 N–H and O–H groups in total. The molecule has 1 aliphatic carbocycles. The maximum Gasteiger partial charge on any atom is 0.0937 e. The first-order valence-electron chi connectivity index (χ1n) is 2.96. The Morgan fingerprint density at radius 2 is 2.50 bits per heavy atom. The maximum atomic E-state index is 7.05. The summed E-state index contributed by atoms with van der Waals surface area (Å²) in [6.07, 6.45) is 5.46. The van der Waals surface area contributed by atoms with Crippen molar-refractivity contribution in [2.24, 2.45) is 11.7 Å². The van der Waals surface area contributed by atoms with Crippen molar-refractivity contribution in [3.8, 4) is 0 Å². The lowest BCUT2D eigenvalue weighted by Gasteiger charge is -2.02. The molecule has 1 saturated carbocycles. The highest BCUT2D eigenvalue weighted by Gasteiger charge is 2.16. The minimum absolute atomic E-state index is 0.360. The summed E-state index contributed by atoms with van der Waals surface area (Å²) in [4.78, 5) is 0. The first-order chi connectivity index (χ1) is 3.80. The van der Waals surface area contributed by atoms with Crippen LogP contribution in [0, 0.1) is 17.7 Å². The Labute approximate surface area is 49.6 Å². The predicted molar refractivity (Wildman–Crippen MR) is 33.6 cm³/mol. The van der Waals surface area contributed by atoms with Crippen molar-refractivity contribution in [3.63, 3.8) is 0 Å². The molecule has 2 nitrogen and oxygen atoms in total. The Bertz CT molecular complexity index is 92.7. The number of hydrogen-bond donors (Lipinski definition) is 2. The van der Waals surface area contributed by atoms with E-state index in [9.17, 15) is 0 Å². The first-order valence-corrected chi connectivity index (χ1v) is 2.96. The highest BCUT2D eigenvalue weighted by atomic mass is 14.7. The molecule has 0 aliphatic heterocycles. The van der Waals surface area contributed by atoms with Gasteiger partial charge in [0.2, 0.25) is 0 Å². The zero-order valence-corrected chi connectivity index (χ0v) is 4.85. The summed E-state index contributed by atoms with van der Waals surface area (Å²) in [6, 6.07) is 0. The summed E-state index contributed by atoms with van der Waals surface area (Å²) in [5.41, 5.74) is 5.26. The third-order valence-corrected chi connectivity index (χ3v) is 1.61. The fraction of sp³-hybridized carbons (Fsp3) is 0.667. The van der Waals surface area contributed by atoms with Crippen LogP contribution >= 0.6 is 0 Å². The smallest absolute Gasteiger partial charge is 0.0937 e. The zero-order chi connectivity index (χ0) is 5.98. The Morgan fingerprint density at radius 3 is 2.75 bits per heavy atom. The van der Waals surface area contributed by atoms with Crippen LogP contribution in [0.25, 0.3) is 0 Å². The third-order valence-electron chi connectivity index (χ3n) is 1.61. The molecular weight excluding hydrogens is 100 g/mol. The minimum atomic E-state index is 0.360. The van der Waals surface area contributed by atoms with Crippen LogP contribution in [0.3, 0.4) is 0 Å². The largest absolute Gasteiger partial charge is 0.387 e. The van der Waals surface area contributed by atoms with Gasteiger partial charge in [0, 0.05) is 5.92 Å². The second-order valence-corrected chi connectivity index (χ2v) is 2.25. The standard InChI is InChI=1S/C6H11N2/c7-6(8)5-3-1-2-4-5/h1,5H,2-4H2,(H3,7,8). The number of nitrogens with one attached hydrogen (secondary N) is 1. The van der Waals surface area contributed by atoms with Gasteiger partial charge in [-0.05, 0) is 25.7 Å². The zero-order valence-electron chi connectivity index (χ0n) is 4.85. The summed E-state index contributed by atoms with van der Waals surface area (Å²) >= 11 is 0. The molecule has 8 heavy (non-hydrogen) atoms. The molecule has 0 bridgehead atoms. The lowest BCUT2D eigenvalue weighted by molar-refractivity contribution is 0.724. The lowest BCUT2D eigenvalue weighted by atomic mass is 10.1. The third kappa shape index (κ3) is 0.997. The average Bonchev–Trinajstić information content (AvgIpc) is 2.12. The quantitative estimate of drug-likeness (QED) is 0.384. The maximum absolute atomic E-state index is 7.05. The van der Waals surface area contributed by atoms with Crippen LogP contribution in [0.4, 0.5) is 0 Å². The molecule has 0 spiro atoms. The van der Waals surface area contributed by atoms with Crippen LogP contribution < -0.4 is 5.73 Å². The molecular formula is C6H11N2. The van der Waals surface area contributed by atoms with E-state index in [1.54, 1.807) is 0 Å². The molecule has 1 radical (unpaired) electrons. The van der Waals surface area contributed by atoms with Gasteiger partial charge in [-0.15, -0.1) is 0 Å². The Hall–Kier alpha value is -0.530. The van der Waals surface area contributed by atoms with Crippen molar-refractivity contribution in [2.45, 2.75) is 19.3 Å². The lowest BCUT2D eigenvalue weighted by Crippen LogP contribution is -2.19. The Morgan fingerprint density at radius 1 is 1.75 bits per heavy atom. The van der Waals surface area contributed by atoms with Gasteiger partial charge < -0.3 is 5.73 Å². The van der Waals surface area contributed by atoms with Crippen LogP contribution in [-0.2, 0) is 0 Å². The molecule has 0 saturated heterocycles. The SMILES string of the molecule is N=C(N)C1C[CH]CC1. The van der Waals surface area contributed by atoms with E-state index in [1.807, 2.05) is 0 Å². The van der Waals surface area contributed by atoms with Crippen LogP contribution in [-0.4, -0.2) is 5.84 Å². The molecule has 0 aromatic rings. The molecule has 1 aliphatic rings. The van der Waals surface area contributed by atoms with Crippen LogP contribution in [0.15, 0.2) is 0 Å². The Balaban J connectivity index is 2.35. The summed E-state index contributed by atoms with van der Waals surface area (Å²) in [6.45, 7) is 0. The van der Waals surface area contributed by atoms with E-state index >= 15 is 0 Å². The molecule has 2 heteroatoms. The average molecular weight is 111 g/mol. The van der Waals surface area contributed by atoms with Crippen LogP contribution in [0.5, 0.6) is 0 Å². The van der Waals surface area contributed by atoms with Gasteiger partial charge in [0.25, 0.3) is 0 Å². The molecule has 0 aromatic heterocycles. The van der Waals surface area contributed by atoms with Crippen molar-refractivity contribution < 1.29 is 0 Å². The number of amidine groups is 1. The molecule has 1 rings (SSSR count). The fourth-order valence-electron chi connectivity index (χ4n) is 1.04. The van der Waals surface area contributed by atoms with E-state index in [0.29, 0.717) is 11.8 Å². The van der Waals surface area contributed by atoms with Crippen LogP contribution in [0.2, 0.25) is 0 Å². The highest BCUT2D eigenvalue weighted by Crippen LogP contribution is 2.22. The van der Waals surface area contributed by atoms with E-state index in [0.717, 1.165) is 19.3 Å². The van der Waals surface area contributed by atoms with Gasteiger partial charge >= 0.3 is 0 Å². The van der Waals surface area contributed by atoms with Crippen LogP contribution in [0.1, 0.15) is 19.3 Å². The number of rotatable bonds is 1. The summed E-state index contributed by atoms with van der Waals surface area (Å²) < 4.78 is 0. The van der Waals surface area contributed by atoms with Crippen molar-refractivity contribution in [1.82, 2.24) is 0 Å². The normalized spacial score (nSPS) is 21.5. The van der Waals surface area contributed by atoms with Crippen molar-refractivity contribution in [3.05, 3.63) is 6.42 Å². The number of nitrogens with two attached hydrogens (primary N) is 1. The van der Waals surface area contributed by atoms with Gasteiger partial charge in [0.05, 0.1) is 5.84 Å². The van der Waals surface area contributed by atoms with Gasteiger partial charge in [-0.2, -0.15) is 0 Å². The van der Waals surface area contributed by atoms with Crippen molar-refractivity contribution >= 4 is 5.84 Å². The van der Waals surface area contributed by atoms with E-state index < -0.39 is 0 Å². The molecule has 0 aromatic carbocycles. The predicted octanol–water partition coefficient (Wildman–Crippen LogP) is 0.927. The van der Waals surface area contributed by atoms with Crippen molar-refractivity contribution in [1.29, 1.82) is 5.41 Å². The highest BCUT2D eigenvalue weighted by molar-refractivity contribution is 5.79. The van der Waals surface area contributed by atoms with E-state index in [2.05, 4.69) is 6.42 Å². The van der Waals surface area contributed by atoms with Gasteiger partial charge in [-0.25, -0.2) is 0 Å². The first kappa shape index (κ1) is 5.60. The van der Waals surface area contributed by atoms with E-state index in [4.69, 9.17) is 11.1 Å². The van der Waals surface area contributed by atoms with Gasteiger partial charge in [0.1, 0.15) is 0 Å². The Kier molecular flexibility index (Phi) is 1.51. The summed E-state index contributed by atoms with van der Waals surface area (Å²) in [5, 5.41) is 7.05. The monoisotopic (exact) mass is 111 g/mol. The summed E-state index contributed by atoms with van der Waals surface area (Å²) in [5.74, 6) is 0.730. The summed E-state index contributed by atoms with van der Waals surface area (Å²) in [7, 11) is 0. The molecule has 0 amide bonds. The molecule has 0 heterocycles. The second-order valence-electron chi connectivity index (χ2n) is 2.25. The van der Waals surface area contributed by atoms with Crippen molar-refractivity contribution in [2.75, 3.05) is 0 Å². The fourth-order valence-corrected chi connectivity index (χ4v) is 1.04. The minimum Gasteiger partial charge on any atom is -0.387 e. The van der Waals surface area contributed by atoms with E-state index in [1.165, 1.54) is 0 Å². The molecule has 45 valence electrons. The van der Waals surface area contributed by atoms with Gasteiger partial charge in [0.15, 0.2) is 0 Å². The van der Waals surface area contributed by atoms with Gasteiger partial charge in [-0.1, -0.05) is 0 Å². The second kappa shape index (κ2) is 2.16. The number of hydrogen-bond acceptors (Lipinski definition) is 1. The molecule has 1 unspecified atom stereocenters. The van der Waals surface area contributed by atoms with Gasteiger partial charge in [-0.3, -0.25) is 5.41 Å². The molecule has 1 fully saturated rings. The molecule has 1 atom stereocenters.